The molecule has 0 aromatic heterocycles. The minimum Gasteiger partial charge on any atom is -0.373 e. The first-order valence-electron chi connectivity index (χ1n) is 4.45. The van der Waals surface area contributed by atoms with Crippen molar-refractivity contribution >= 4 is 5.78 Å². The molecule has 12 heavy (non-hydrogen) atoms. The third kappa shape index (κ3) is 2.91. The largest absolute Gasteiger partial charge is 0.373 e. The normalized spacial score (nSPS) is 31.9. The molecule has 1 aliphatic heterocycles. The summed E-state index contributed by atoms with van der Waals surface area (Å²) < 4.78 is 5.54. The van der Waals surface area contributed by atoms with Crippen molar-refractivity contribution in [2.24, 2.45) is 0 Å². The van der Waals surface area contributed by atoms with Crippen molar-refractivity contribution in [2.75, 3.05) is 19.6 Å². The van der Waals surface area contributed by atoms with Gasteiger partial charge in [-0.2, -0.15) is 0 Å². The summed E-state index contributed by atoms with van der Waals surface area (Å²) in [5.41, 5.74) is 0. The summed E-state index contributed by atoms with van der Waals surface area (Å²) in [6, 6.07) is 0. The lowest BCUT2D eigenvalue weighted by Crippen LogP contribution is -2.46. The highest BCUT2D eigenvalue weighted by Gasteiger charge is 2.22. The molecular weight excluding hydrogens is 154 g/mol. The number of ketones is 1. The van der Waals surface area contributed by atoms with Crippen LogP contribution in [0.25, 0.3) is 0 Å². The minimum absolute atomic E-state index is 0.233. The Bertz CT molecular complexity index is 160. The van der Waals surface area contributed by atoms with E-state index in [1.807, 2.05) is 13.8 Å². The van der Waals surface area contributed by atoms with Gasteiger partial charge in [-0.1, -0.05) is 0 Å². The predicted molar refractivity (Wildman–Crippen MR) is 47.1 cm³/mol. The van der Waals surface area contributed by atoms with Crippen LogP contribution in [0.4, 0.5) is 0 Å². The molecule has 1 saturated heterocycles. The number of nitrogens with zero attached hydrogens (tertiary/aromatic N) is 1. The maximum Gasteiger partial charge on any atom is 0.143 e. The molecule has 0 aliphatic carbocycles. The zero-order valence-electron chi connectivity index (χ0n) is 8.04. The van der Waals surface area contributed by atoms with Crippen LogP contribution >= 0.6 is 0 Å². The Labute approximate surface area is 73.7 Å². The molecule has 1 rings (SSSR count). The minimum atomic E-state index is 0.233. The van der Waals surface area contributed by atoms with E-state index in [0.717, 1.165) is 13.1 Å². The first-order chi connectivity index (χ1) is 5.58. The summed E-state index contributed by atoms with van der Waals surface area (Å²) in [5.74, 6) is 0.233. The Morgan fingerprint density at radius 3 is 2.33 bits per heavy atom. The molecule has 1 aliphatic rings. The molecule has 1 heterocycles. The van der Waals surface area contributed by atoms with Gasteiger partial charge >= 0.3 is 0 Å². The molecule has 0 N–H and O–H groups in total. The molecule has 1 fully saturated rings. The standard InChI is InChI=1S/C9H17NO2/c1-7(11)4-10-5-8(2)12-9(3)6-10/h8-9H,4-6H2,1-3H3/t8-,9-/m0/s1. The number of carbonyl (C=O) groups is 1. The fourth-order valence-electron chi connectivity index (χ4n) is 1.73. The third-order valence-corrected chi connectivity index (χ3v) is 1.94. The molecule has 0 aromatic carbocycles. The molecule has 0 radical (unpaired) electrons. The lowest BCUT2D eigenvalue weighted by atomic mass is 10.2. The van der Waals surface area contributed by atoms with Gasteiger partial charge in [-0.25, -0.2) is 0 Å². The molecule has 3 heteroatoms. The van der Waals surface area contributed by atoms with Gasteiger partial charge in [0, 0.05) is 13.1 Å². The third-order valence-electron chi connectivity index (χ3n) is 1.94. The van der Waals surface area contributed by atoms with E-state index < -0.39 is 0 Å². The monoisotopic (exact) mass is 171 g/mol. The van der Waals surface area contributed by atoms with Crippen molar-refractivity contribution < 1.29 is 9.53 Å². The fraction of sp³-hybridized carbons (Fsp3) is 0.889. The number of Topliss-reactive ketones (excluding diaryl/α,β-unsaturated/α-hetero) is 1. The molecule has 0 spiro atoms. The molecule has 0 unspecified atom stereocenters. The van der Waals surface area contributed by atoms with E-state index in [-0.39, 0.29) is 18.0 Å². The highest BCUT2D eigenvalue weighted by atomic mass is 16.5. The molecule has 70 valence electrons. The molecular formula is C9H17NO2. The van der Waals surface area contributed by atoms with Crippen molar-refractivity contribution in [3.63, 3.8) is 0 Å². The zero-order valence-corrected chi connectivity index (χ0v) is 8.04. The maximum atomic E-state index is 10.8. The molecule has 0 bridgehead atoms. The van der Waals surface area contributed by atoms with Gasteiger partial charge in [0.1, 0.15) is 5.78 Å². The zero-order chi connectivity index (χ0) is 9.14. The van der Waals surface area contributed by atoms with Gasteiger partial charge in [-0.05, 0) is 20.8 Å². The average molecular weight is 171 g/mol. The van der Waals surface area contributed by atoms with Gasteiger partial charge in [0.15, 0.2) is 0 Å². The van der Waals surface area contributed by atoms with E-state index >= 15 is 0 Å². The van der Waals surface area contributed by atoms with E-state index in [9.17, 15) is 4.79 Å². The number of rotatable bonds is 2. The van der Waals surface area contributed by atoms with Gasteiger partial charge in [-0.15, -0.1) is 0 Å². The average Bonchev–Trinajstić information content (AvgIpc) is 1.81. The summed E-state index contributed by atoms with van der Waals surface area (Å²) in [6.45, 7) is 8.04. The van der Waals surface area contributed by atoms with Crippen molar-refractivity contribution in [1.29, 1.82) is 0 Å². The fourth-order valence-corrected chi connectivity index (χ4v) is 1.73. The first kappa shape index (κ1) is 9.68. The Morgan fingerprint density at radius 1 is 1.42 bits per heavy atom. The van der Waals surface area contributed by atoms with E-state index in [2.05, 4.69) is 4.90 Å². The Kier molecular flexibility index (Phi) is 3.23. The van der Waals surface area contributed by atoms with Crippen LogP contribution in [0.15, 0.2) is 0 Å². The van der Waals surface area contributed by atoms with E-state index in [4.69, 9.17) is 4.74 Å². The number of morpholine rings is 1. The second-order valence-electron chi connectivity index (χ2n) is 3.65. The molecule has 0 saturated carbocycles. The SMILES string of the molecule is CC(=O)CN1C[C@H](C)O[C@@H](C)C1. The first-order valence-corrected chi connectivity index (χ1v) is 4.45. The Morgan fingerprint density at radius 2 is 1.92 bits per heavy atom. The van der Waals surface area contributed by atoms with Crippen LogP contribution in [0.2, 0.25) is 0 Å². The summed E-state index contributed by atoms with van der Waals surface area (Å²) in [4.78, 5) is 13.0. The van der Waals surface area contributed by atoms with Crippen LogP contribution in [0.3, 0.4) is 0 Å². The Balaban J connectivity index is 2.38. The highest BCUT2D eigenvalue weighted by Crippen LogP contribution is 2.09. The van der Waals surface area contributed by atoms with E-state index in [1.165, 1.54) is 0 Å². The second-order valence-corrected chi connectivity index (χ2v) is 3.65. The van der Waals surface area contributed by atoms with Crippen molar-refractivity contribution in [3.05, 3.63) is 0 Å². The summed E-state index contributed by atoms with van der Waals surface area (Å²) >= 11 is 0. The lowest BCUT2D eigenvalue weighted by Gasteiger charge is -2.34. The topological polar surface area (TPSA) is 29.5 Å². The van der Waals surface area contributed by atoms with Crippen molar-refractivity contribution in [1.82, 2.24) is 4.90 Å². The maximum absolute atomic E-state index is 10.8. The van der Waals surface area contributed by atoms with Crippen LogP contribution in [0.5, 0.6) is 0 Å². The van der Waals surface area contributed by atoms with Crippen LogP contribution in [0.1, 0.15) is 20.8 Å². The van der Waals surface area contributed by atoms with E-state index in [1.54, 1.807) is 6.92 Å². The van der Waals surface area contributed by atoms with Crippen LogP contribution in [-0.2, 0) is 9.53 Å². The number of hydrogen-bond acceptors (Lipinski definition) is 3. The van der Waals surface area contributed by atoms with Gasteiger partial charge in [0.2, 0.25) is 0 Å². The smallest absolute Gasteiger partial charge is 0.143 e. The van der Waals surface area contributed by atoms with Crippen LogP contribution < -0.4 is 0 Å². The second kappa shape index (κ2) is 4.01. The van der Waals surface area contributed by atoms with Gasteiger partial charge < -0.3 is 4.74 Å². The molecule has 0 amide bonds. The summed E-state index contributed by atoms with van der Waals surface area (Å²) in [6.07, 6.45) is 0.515. The molecule has 3 nitrogen and oxygen atoms in total. The molecule has 2 atom stereocenters. The van der Waals surface area contributed by atoms with Crippen molar-refractivity contribution in [3.8, 4) is 0 Å². The summed E-state index contributed by atoms with van der Waals surface area (Å²) in [7, 11) is 0. The quantitative estimate of drug-likeness (QED) is 0.612. The van der Waals surface area contributed by atoms with Crippen LogP contribution in [0, 0.1) is 0 Å². The number of carbonyl (C=O) groups excluding carboxylic acids is 1. The van der Waals surface area contributed by atoms with Crippen LogP contribution in [-0.4, -0.2) is 42.5 Å². The molecule has 0 aromatic rings. The van der Waals surface area contributed by atoms with E-state index in [0.29, 0.717) is 6.54 Å². The van der Waals surface area contributed by atoms with Gasteiger partial charge in [0.05, 0.1) is 18.8 Å². The number of hydrogen-bond donors (Lipinski definition) is 0. The van der Waals surface area contributed by atoms with Crippen molar-refractivity contribution in [2.45, 2.75) is 33.0 Å². The van der Waals surface area contributed by atoms with Gasteiger partial charge in [-0.3, -0.25) is 9.69 Å². The Hall–Kier alpha value is -0.410. The lowest BCUT2D eigenvalue weighted by molar-refractivity contribution is -0.121. The van der Waals surface area contributed by atoms with Gasteiger partial charge in [0.25, 0.3) is 0 Å². The summed E-state index contributed by atoms with van der Waals surface area (Å²) in [5, 5.41) is 0. The predicted octanol–water partition coefficient (Wildman–Crippen LogP) is 0.685. The highest BCUT2D eigenvalue weighted by molar-refractivity contribution is 5.77. The number of ether oxygens (including phenoxy) is 1.